The first-order chi connectivity index (χ1) is 13.3. The number of aromatic nitrogens is 1. The summed E-state index contributed by atoms with van der Waals surface area (Å²) in [6.07, 6.45) is 2.97. The van der Waals surface area contributed by atoms with Crippen molar-refractivity contribution in [2.75, 3.05) is 26.7 Å². The van der Waals surface area contributed by atoms with Crippen LogP contribution < -0.4 is 15.4 Å². The first-order valence-corrected chi connectivity index (χ1v) is 9.44. The molecule has 0 radical (unpaired) electrons. The molecule has 1 aliphatic heterocycles. The number of para-hydroxylation sites is 1. The molecule has 2 atom stereocenters. The molecule has 1 aromatic heterocycles. The molecule has 5 nitrogen and oxygen atoms in total. The maximum Gasteiger partial charge on any atom is 0.224 e. The van der Waals surface area contributed by atoms with Crippen LogP contribution in [0.3, 0.4) is 0 Å². The minimum atomic E-state index is 0.0736. The molecule has 2 unspecified atom stereocenters. The number of amides is 1. The molecule has 27 heavy (non-hydrogen) atoms. The standard InChI is InChI=1S/C22H25N3O2/c1-27-17-8-6-15(7-9-17)19(13-25-22(26)16-10-11-23-12-16)20-14-24-21-5-3-2-4-18(20)21/h2-9,14,16,19,23-24H,10-13H2,1H3,(H,25,26). The Morgan fingerprint density at radius 1 is 1.22 bits per heavy atom. The zero-order valence-corrected chi connectivity index (χ0v) is 15.5. The van der Waals surface area contributed by atoms with Gasteiger partial charge in [0, 0.05) is 36.1 Å². The van der Waals surface area contributed by atoms with Gasteiger partial charge in [-0.2, -0.15) is 0 Å². The van der Waals surface area contributed by atoms with Crippen LogP contribution in [0.4, 0.5) is 0 Å². The van der Waals surface area contributed by atoms with Gasteiger partial charge in [0.25, 0.3) is 0 Å². The second-order valence-corrected chi connectivity index (χ2v) is 7.05. The van der Waals surface area contributed by atoms with Crippen LogP contribution in [0.2, 0.25) is 0 Å². The maximum atomic E-state index is 12.5. The number of ether oxygens (including phenoxy) is 1. The Hall–Kier alpha value is -2.79. The second-order valence-electron chi connectivity index (χ2n) is 7.05. The number of H-pyrrole nitrogens is 1. The highest BCUT2D eigenvalue weighted by molar-refractivity contribution is 5.84. The molecule has 1 fully saturated rings. The van der Waals surface area contributed by atoms with Gasteiger partial charge in [-0.15, -0.1) is 0 Å². The van der Waals surface area contributed by atoms with E-state index in [0.29, 0.717) is 6.54 Å². The lowest BCUT2D eigenvalue weighted by atomic mass is 9.90. The Morgan fingerprint density at radius 3 is 2.78 bits per heavy atom. The summed E-state index contributed by atoms with van der Waals surface area (Å²) in [5.74, 6) is 1.12. The van der Waals surface area contributed by atoms with Crippen molar-refractivity contribution in [3.05, 3.63) is 65.9 Å². The highest BCUT2D eigenvalue weighted by atomic mass is 16.5. The largest absolute Gasteiger partial charge is 0.497 e. The molecular formula is C22H25N3O2. The summed E-state index contributed by atoms with van der Waals surface area (Å²) < 4.78 is 5.29. The quantitative estimate of drug-likeness (QED) is 0.631. The Morgan fingerprint density at radius 2 is 2.04 bits per heavy atom. The molecule has 1 saturated heterocycles. The van der Waals surface area contributed by atoms with Gasteiger partial charge in [-0.25, -0.2) is 0 Å². The molecule has 4 rings (SSSR count). The van der Waals surface area contributed by atoms with Crippen LogP contribution in [0.15, 0.2) is 54.7 Å². The predicted molar refractivity (Wildman–Crippen MR) is 107 cm³/mol. The lowest BCUT2D eigenvalue weighted by molar-refractivity contribution is -0.124. The van der Waals surface area contributed by atoms with Gasteiger partial charge >= 0.3 is 0 Å². The molecule has 5 heteroatoms. The van der Waals surface area contributed by atoms with E-state index in [9.17, 15) is 4.79 Å². The molecule has 0 aliphatic carbocycles. The third kappa shape index (κ3) is 3.69. The van der Waals surface area contributed by atoms with Gasteiger partial charge in [-0.3, -0.25) is 4.79 Å². The first-order valence-electron chi connectivity index (χ1n) is 9.44. The molecule has 0 saturated carbocycles. The zero-order valence-electron chi connectivity index (χ0n) is 15.5. The minimum Gasteiger partial charge on any atom is -0.497 e. The highest BCUT2D eigenvalue weighted by Gasteiger charge is 2.24. The van der Waals surface area contributed by atoms with E-state index in [2.05, 4.69) is 46.1 Å². The van der Waals surface area contributed by atoms with Crippen molar-refractivity contribution in [1.82, 2.24) is 15.6 Å². The predicted octanol–water partition coefficient (Wildman–Crippen LogP) is 3.03. The monoisotopic (exact) mass is 363 g/mol. The number of carbonyl (C=O) groups is 1. The van der Waals surface area contributed by atoms with Crippen LogP contribution in [-0.2, 0) is 4.79 Å². The third-order valence-electron chi connectivity index (χ3n) is 5.43. The third-order valence-corrected chi connectivity index (χ3v) is 5.43. The molecular weight excluding hydrogens is 338 g/mol. The van der Waals surface area contributed by atoms with E-state index in [1.165, 1.54) is 10.9 Å². The van der Waals surface area contributed by atoms with Gasteiger partial charge in [0.15, 0.2) is 0 Å². The summed E-state index contributed by atoms with van der Waals surface area (Å²) >= 11 is 0. The van der Waals surface area contributed by atoms with Crippen molar-refractivity contribution >= 4 is 16.8 Å². The summed E-state index contributed by atoms with van der Waals surface area (Å²) in [4.78, 5) is 15.9. The van der Waals surface area contributed by atoms with Gasteiger partial charge in [0.2, 0.25) is 5.91 Å². The Kier molecular flexibility index (Phi) is 5.12. The molecule has 3 N–H and O–H groups in total. The lowest BCUT2D eigenvalue weighted by Crippen LogP contribution is -2.35. The van der Waals surface area contributed by atoms with Gasteiger partial charge < -0.3 is 20.4 Å². The average Bonchev–Trinajstić information content (AvgIpc) is 3.39. The topological polar surface area (TPSA) is 66.2 Å². The van der Waals surface area contributed by atoms with E-state index in [0.717, 1.165) is 36.3 Å². The number of benzene rings is 2. The number of methoxy groups -OCH3 is 1. The Bertz CT molecular complexity index is 911. The summed E-state index contributed by atoms with van der Waals surface area (Å²) in [5.41, 5.74) is 3.46. The summed E-state index contributed by atoms with van der Waals surface area (Å²) in [5, 5.41) is 7.63. The molecule has 140 valence electrons. The molecule has 2 heterocycles. The van der Waals surface area contributed by atoms with Crippen molar-refractivity contribution in [2.45, 2.75) is 12.3 Å². The van der Waals surface area contributed by atoms with E-state index in [1.807, 2.05) is 24.3 Å². The fraction of sp³-hybridized carbons (Fsp3) is 0.318. The smallest absolute Gasteiger partial charge is 0.224 e. The molecule has 3 aromatic rings. The molecule has 0 bridgehead atoms. The maximum absolute atomic E-state index is 12.5. The molecule has 0 spiro atoms. The number of fused-ring (bicyclic) bond motifs is 1. The van der Waals surface area contributed by atoms with Crippen molar-refractivity contribution in [1.29, 1.82) is 0 Å². The Labute approximate surface area is 159 Å². The highest BCUT2D eigenvalue weighted by Crippen LogP contribution is 2.31. The SMILES string of the molecule is COc1ccc(C(CNC(=O)C2CCNC2)c2c[nH]c3ccccc23)cc1. The summed E-state index contributed by atoms with van der Waals surface area (Å²) in [6.45, 7) is 2.26. The van der Waals surface area contributed by atoms with E-state index in [-0.39, 0.29) is 17.7 Å². The van der Waals surface area contributed by atoms with E-state index in [1.54, 1.807) is 7.11 Å². The number of aromatic amines is 1. The number of carbonyl (C=O) groups excluding carboxylic acids is 1. The van der Waals surface area contributed by atoms with E-state index in [4.69, 9.17) is 4.74 Å². The van der Waals surface area contributed by atoms with Crippen molar-refractivity contribution in [3.8, 4) is 5.75 Å². The minimum absolute atomic E-state index is 0.0736. The zero-order chi connectivity index (χ0) is 18.6. The molecule has 1 amide bonds. The van der Waals surface area contributed by atoms with Crippen molar-refractivity contribution in [3.63, 3.8) is 0 Å². The summed E-state index contributed by atoms with van der Waals surface area (Å²) in [7, 11) is 1.67. The summed E-state index contributed by atoms with van der Waals surface area (Å²) in [6, 6.07) is 16.4. The van der Waals surface area contributed by atoms with E-state index >= 15 is 0 Å². The number of nitrogens with one attached hydrogen (secondary N) is 3. The van der Waals surface area contributed by atoms with Crippen LogP contribution in [0, 0.1) is 5.92 Å². The van der Waals surface area contributed by atoms with Gasteiger partial charge in [-0.1, -0.05) is 30.3 Å². The van der Waals surface area contributed by atoms with Crippen LogP contribution >= 0.6 is 0 Å². The van der Waals surface area contributed by atoms with Gasteiger partial charge in [0.05, 0.1) is 13.0 Å². The normalized spacial score (nSPS) is 17.7. The Balaban J connectivity index is 1.63. The van der Waals surface area contributed by atoms with E-state index < -0.39 is 0 Å². The van der Waals surface area contributed by atoms with Gasteiger partial charge in [-0.05, 0) is 42.3 Å². The first kappa shape index (κ1) is 17.6. The number of rotatable bonds is 6. The number of hydrogen-bond acceptors (Lipinski definition) is 3. The molecule has 2 aromatic carbocycles. The van der Waals surface area contributed by atoms with Crippen LogP contribution in [0.1, 0.15) is 23.5 Å². The van der Waals surface area contributed by atoms with Crippen LogP contribution in [-0.4, -0.2) is 37.6 Å². The van der Waals surface area contributed by atoms with Crippen molar-refractivity contribution in [2.24, 2.45) is 5.92 Å². The van der Waals surface area contributed by atoms with Crippen molar-refractivity contribution < 1.29 is 9.53 Å². The lowest BCUT2D eigenvalue weighted by Gasteiger charge is -2.20. The fourth-order valence-corrected chi connectivity index (χ4v) is 3.85. The number of hydrogen-bond donors (Lipinski definition) is 3. The van der Waals surface area contributed by atoms with Gasteiger partial charge in [0.1, 0.15) is 5.75 Å². The molecule has 1 aliphatic rings. The average molecular weight is 363 g/mol. The van der Waals surface area contributed by atoms with Crippen LogP contribution in [0.25, 0.3) is 10.9 Å². The van der Waals surface area contributed by atoms with Crippen LogP contribution in [0.5, 0.6) is 5.75 Å². The second kappa shape index (κ2) is 7.84. The fourth-order valence-electron chi connectivity index (χ4n) is 3.85.